The van der Waals surface area contributed by atoms with Gasteiger partial charge in [-0.2, -0.15) is 0 Å². The summed E-state index contributed by atoms with van der Waals surface area (Å²) >= 11 is 7.59. The molecule has 1 amide bonds. The minimum absolute atomic E-state index is 0.0458. The number of aromatic nitrogens is 1. The molecule has 0 radical (unpaired) electrons. The van der Waals surface area contributed by atoms with Gasteiger partial charge in [0.15, 0.2) is 0 Å². The van der Waals surface area contributed by atoms with Crippen LogP contribution in [0.25, 0.3) is 10.2 Å². The third-order valence-corrected chi connectivity index (χ3v) is 3.06. The third-order valence-electron chi connectivity index (χ3n) is 1.99. The Hall–Kier alpha value is -1.13. The lowest BCUT2D eigenvalue weighted by atomic mass is 10.2. The SMILES string of the molecule is CC(=O)NCc1cc(Cl)c2ncsc2c1. The maximum atomic E-state index is 10.8. The summed E-state index contributed by atoms with van der Waals surface area (Å²) in [6.45, 7) is 2.00. The van der Waals surface area contributed by atoms with Crippen LogP contribution in [0.3, 0.4) is 0 Å². The number of carbonyl (C=O) groups excluding carboxylic acids is 1. The molecule has 0 aliphatic heterocycles. The van der Waals surface area contributed by atoms with Gasteiger partial charge in [0.25, 0.3) is 0 Å². The molecule has 0 atom stereocenters. The lowest BCUT2D eigenvalue weighted by Gasteiger charge is -2.03. The molecule has 1 N–H and O–H groups in total. The van der Waals surface area contributed by atoms with Crippen molar-refractivity contribution >= 4 is 39.1 Å². The molecule has 0 aliphatic carbocycles. The zero-order chi connectivity index (χ0) is 10.8. The maximum absolute atomic E-state index is 10.8. The minimum atomic E-state index is -0.0458. The molecule has 15 heavy (non-hydrogen) atoms. The standard InChI is InChI=1S/C10H9ClN2OS/c1-6(14)12-4-7-2-8(11)10-9(3-7)15-5-13-10/h2-3,5H,4H2,1H3,(H,12,14). The molecule has 1 aromatic carbocycles. The van der Waals surface area contributed by atoms with E-state index in [1.165, 1.54) is 6.92 Å². The Morgan fingerprint density at radius 3 is 3.13 bits per heavy atom. The number of benzene rings is 1. The minimum Gasteiger partial charge on any atom is -0.352 e. The van der Waals surface area contributed by atoms with E-state index >= 15 is 0 Å². The number of fused-ring (bicyclic) bond motifs is 1. The lowest BCUT2D eigenvalue weighted by molar-refractivity contribution is -0.119. The molecule has 1 heterocycles. The number of hydrogen-bond acceptors (Lipinski definition) is 3. The number of rotatable bonds is 2. The molecule has 5 heteroatoms. The first-order chi connectivity index (χ1) is 7.16. The number of nitrogens with zero attached hydrogens (tertiary/aromatic N) is 1. The molecule has 0 spiro atoms. The fourth-order valence-corrected chi connectivity index (χ4v) is 2.42. The first-order valence-corrected chi connectivity index (χ1v) is 5.68. The Balaban J connectivity index is 2.32. The summed E-state index contributed by atoms with van der Waals surface area (Å²) in [6.07, 6.45) is 0. The van der Waals surface area contributed by atoms with Crippen molar-refractivity contribution in [2.45, 2.75) is 13.5 Å². The van der Waals surface area contributed by atoms with Gasteiger partial charge >= 0.3 is 0 Å². The number of halogens is 1. The summed E-state index contributed by atoms with van der Waals surface area (Å²) < 4.78 is 1.04. The zero-order valence-corrected chi connectivity index (χ0v) is 9.65. The van der Waals surface area contributed by atoms with Crippen molar-refractivity contribution in [1.82, 2.24) is 10.3 Å². The Kier molecular flexibility index (Phi) is 2.88. The van der Waals surface area contributed by atoms with Crippen molar-refractivity contribution in [2.24, 2.45) is 0 Å². The van der Waals surface area contributed by atoms with Crippen LogP contribution in [-0.2, 0) is 11.3 Å². The largest absolute Gasteiger partial charge is 0.352 e. The van der Waals surface area contributed by atoms with E-state index in [9.17, 15) is 4.79 Å². The van der Waals surface area contributed by atoms with Gasteiger partial charge in [-0.25, -0.2) is 4.98 Å². The van der Waals surface area contributed by atoms with E-state index in [0.29, 0.717) is 11.6 Å². The maximum Gasteiger partial charge on any atom is 0.217 e. The van der Waals surface area contributed by atoms with Crippen LogP contribution in [0.2, 0.25) is 5.02 Å². The summed E-state index contributed by atoms with van der Waals surface area (Å²) in [4.78, 5) is 14.9. The highest BCUT2D eigenvalue weighted by Crippen LogP contribution is 2.26. The van der Waals surface area contributed by atoms with E-state index in [0.717, 1.165) is 15.8 Å². The van der Waals surface area contributed by atoms with Crippen molar-refractivity contribution in [3.63, 3.8) is 0 Å². The molecular weight excluding hydrogens is 232 g/mol. The zero-order valence-electron chi connectivity index (χ0n) is 8.08. The van der Waals surface area contributed by atoms with Crippen molar-refractivity contribution in [2.75, 3.05) is 0 Å². The van der Waals surface area contributed by atoms with Crippen LogP contribution in [0.1, 0.15) is 12.5 Å². The molecule has 0 unspecified atom stereocenters. The van der Waals surface area contributed by atoms with Crippen LogP contribution in [0, 0.1) is 0 Å². The Morgan fingerprint density at radius 1 is 1.60 bits per heavy atom. The smallest absolute Gasteiger partial charge is 0.217 e. The van der Waals surface area contributed by atoms with Crippen molar-refractivity contribution < 1.29 is 4.79 Å². The van der Waals surface area contributed by atoms with Gasteiger partial charge in [0, 0.05) is 13.5 Å². The quantitative estimate of drug-likeness (QED) is 0.877. The normalized spacial score (nSPS) is 10.5. The molecule has 0 fully saturated rings. The van der Waals surface area contributed by atoms with Crippen LogP contribution in [0.4, 0.5) is 0 Å². The molecule has 0 saturated carbocycles. The van der Waals surface area contributed by atoms with Crippen molar-refractivity contribution in [3.8, 4) is 0 Å². The topological polar surface area (TPSA) is 42.0 Å². The number of carbonyl (C=O) groups is 1. The molecule has 1 aromatic heterocycles. The second-order valence-corrected chi connectivity index (χ2v) is 4.48. The van der Waals surface area contributed by atoms with E-state index in [4.69, 9.17) is 11.6 Å². The first kappa shape index (κ1) is 10.4. The number of nitrogens with one attached hydrogen (secondary N) is 1. The van der Waals surface area contributed by atoms with Gasteiger partial charge in [-0.05, 0) is 17.7 Å². The average molecular weight is 241 g/mol. The van der Waals surface area contributed by atoms with Crippen LogP contribution >= 0.6 is 22.9 Å². The number of amides is 1. The predicted molar refractivity (Wildman–Crippen MR) is 62.2 cm³/mol. The van der Waals surface area contributed by atoms with Crippen molar-refractivity contribution in [1.29, 1.82) is 0 Å². The van der Waals surface area contributed by atoms with Gasteiger partial charge in [-0.15, -0.1) is 11.3 Å². The highest BCUT2D eigenvalue weighted by atomic mass is 35.5. The van der Waals surface area contributed by atoms with Gasteiger partial charge in [-0.1, -0.05) is 11.6 Å². The summed E-state index contributed by atoms with van der Waals surface area (Å²) in [7, 11) is 0. The average Bonchev–Trinajstić information content (AvgIpc) is 2.63. The van der Waals surface area contributed by atoms with E-state index in [-0.39, 0.29) is 5.91 Å². The molecule has 3 nitrogen and oxygen atoms in total. The molecule has 2 aromatic rings. The van der Waals surface area contributed by atoms with E-state index in [2.05, 4.69) is 10.3 Å². The monoisotopic (exact) mass is 240 g/mol. The molecule has 0 bridgehead atoms. The highest BCUT2D eigenvalue weighted by molar-refractivity contribution is 7.16. The number of hydrogen-bond donors (Lipinski definition) is 1. The fraction of sp³-hybridized carbons (Fsp3) is 0.200. The fourth-order valence-electron chi connectivity index (χ4n) is 1.31. The first-order valence-electron chi connectivity index (χ1n) is 4.43. The van der Waals surface area contributed by atoms with E-state index < -0.39 is 0 Å². The highest BCUT2D eigenvalue weighted by Gasteiger charge is 2.05. The van der Waals surface area contributed by atoms with Crippen LogP contribution in [0.15, 0.2) is 17.6 Å². The Labute approximate surface area is 96.1 Å². The second-order valence-electron chi connectivity index (χ2n) is 3.19. The molecule has 2 rings (SSSR count). The van der Waals surface area contributed by atoms with E-state index in [1.807, 2.05) is 12.1 Å². The summed E-state index contributed by atoms with van der Waals surface area (Å²) in [5.74, 6) is -0.0458. The van der Waals surface area contributed by atoms with Crippen LogP contribution in [-0.4, -0.2) is 10.9 Å². The molecular formula is C10H9ClN2OS. The van der Waals surface area contributed by atoms with Gasteiger partial charge in [-0.3, -0.25) is 4.79 Å². The van der Waals surface area contributed by atoms with Crippen LogP contribution in [0.5, 0.6) is 0 Å². The summed E-state index contributed by atoms with van der Waals surface area (Å²) in [5.41, 5.74) is 3.58. The van der Waals surface area contributed by atoms with E-state index in [1.54, 1.807) is 16.8 Å². The van der Waals surface area contributed by atoms with Crippen LogP contribution < -0.4 is 5.32 Å². The molecule has 0 aliphatic rings. The van der Waals surface area contributed by atoms with Crippen molar-refractivity contribution in [3.05, 3.63) is 28.2 Å². The van der Waals surface area contributed by atoms with Gasteiger partial charge in [0.1, 0.15) is 0 Å². The number of thiazole rings is 1. The Bertz CT molecular complexity index is 509. The molecule has 78 valence electrons. The van der Waals surface area contributed by atoms with Gasteiger partial charge < -0.3 is 5.32 Å². The summed E-state index contributed by atoms with van der Waals surface area (Å²) in [6, 6.07) is 3.83. The predicted octanol–water partition coefficient (Wildman–Crippen LogP) is 2.59. The summed E-state index contributed by atoms with van der Waals surface area (Å²) in [5, 5.41) is 3.37. The molecule has 0 saturated heterocycles. The lowest BCUT2D eigenvalue weighted by Crippen LogP contribution is -2.18. The van der Waals surface area contributed by atoms with Gasteiger partial charge in [0.2, 0.25) is 5.91 Å². The third kappa shape index (κ3) is 2.27. The Morgan fingerprint density at radius 2 is 2.40 bits per heavy atom. The second kappa shape index (κ2) is 4.16. The van der Waals surface area contributed by atoms with Gasteiger partial charge in [0.05, 0.1) is 20.7 Å².